The third kappa shape index (κ3) is 1.89. The summed E-state index contributed by atoms with van der Waals surface area (Å²) in [5, 5.41) is 0. The fraction of sp³-hybridized carbons (Fsp3) is 0.636. The van der Waals surface area contributed by atoms with Crippen molar-refractivity contribution in [3.8, 4) is 0 Å². The van der Waals surface area contributed by atoms with E-state index in [1.165, 1.54) is 0 Å². The summed E-state index contributed by atoms with van der Waals surface area (Å²) in [7, 11) is 0. The van der Waals surface area contributed by atoms with Crippen LogP contribution in [-0.4, -0.2) is 33.5 Å². The van der Waals surface area contributed by atoms with Crippen LogP contribution < -0.4 is 0 Å². The van der Waals surface area contributed by atoms with Crippen molar-refractivity contribution in [2.45, 2.75) is 38.8 Å². The summed E-state index contributed by atoms with van der Waals surface area (Å²) in [5.41, 5.74) is 0. The Hall–Kier alpha value is -1.52. The normalized spacial score (nSPS) is 24.9. The van der Waals surface area contributed by atoms with Gasteiger partial charge in [-0.1, -0.05) is 13.3 Å². The first-order valence-electron chi connectivity index (χ1n) is 5.70. The number of unbranched alkanes of at least 4 members (excludes halogenated alkanes) is 1. The molecule has 1 aromatic rings. The molecule has 1 fully saturated rings. The van der Waals surface area contributed by atoms with Crippen LogP contribution in [0.4, 0.5) is 4.79 Å². The zero-order valence-corrected chi connectivity index (χ0v) is 9.64. The Morgan fingerprint density at radius 2 is 2.44 bits per heavy atom. The second kappa shape index (κ2) is 4.55. The number of H-pyrrole nitrogens is 1. The van der Waals surface area contributed by atoms with E-state index in [1.54, 1.807) is 17.3 Å². The van der Waals surface area contributed by atoms with Crippen molar-refractivity contribution in [1.29, 1.82) is 0 Å². The Morgan fingerprint density at radius 1 is 1.62 bits per heavy atom. The minimum Gasteiger partial charge on any atom is -0.436 e. The molecular weight excluding hydrogens is 206 g/mol. The average Bonchev–Trinajstić information content (AvgIpc) is 2.86. The third-order valence-corrected chi connectivity index (χ3v) is 2.93. The lowest BCUT2D eigenvalue weighted by molar-refractivity contribution is 0.127. The van der Waals surface area contributed by atoms with E-state index in [4.69, 9.17) is 4.74 Å². The molecule has 1 amide bonds. The number of ether oxygens (including phenoxy) is 1. The van der Waals surface area contributed by atoms with Crippen LogP contribution in [0.2, 0.25) is 0 Å². The third-order valence-electron chi connectivity index (χ3n) is 2.93. The van der Waals surface area contributed by atoms with Crippen molar-refractivity contribution in [3.63, 3.8) is 0 Å². The van der Waals surface area contributed by atoms with Crippen LogP contribution in [0, 0.1) is 0 Å². The second-order valence-corrected chi connectivity index (χ2v) is 4.07. The number of carbonyl (C=O) groups excluding carboxylic acids is 1. The Balaban J connectivity index is 2.07. The van der Waals surface area contributed by atoms with Gasteiger partial charge in [0.2, 0.25) is 0 Å². The predicted molar refractivity (Wildman–Crippen MR) is 58.9 cm³/mol. The number of nitrogens with one attached hydrogen (secondary N) is 1. The molecule has 2 rings (SSSR count). The van der Waals surface area contributed by atoms with Crippen LogP contribution in [-0.2, 0) is 4.74 Å². The molecule has 2 heterocycles. The number of aromatic amines is 1. The van der Waals surface area contributed by atoms with Gasteiger partial charge in [-0.15, -0.1) is 0 Å². The number of aromatic nitrogens is 2. The Labute approximate surface area is 94.8 Å². The molecule has 5 heteroatoms. The minimum absolute atomic E-state index is 0.0465. The fourth-order valence-corrected chi connectivity index (χ4v) is 1.95. The van der Waals surface area contributed by atoms with Crippen LogP contribution in [0.15, 0.2) is 12.4 Å². The number of imidazole rings is 1. The van der Waals surface area contributed by atoms with E-state index in [2.05, 4.69) is 16.9 Å². The molecule has 2 atom stereocenters. The molecule has 1 aromatic heterocycles. The van der Waals surface area contributed by atoms with E-state index in [0.717, 1.165) is 25.2 Å². The number of hydrogen-bond donors (Lipinski definition) is 1. The monoisotopic (exact) mass is 223 g/mol. The van der Waals surface area contributed by atoms with E-state index in [1.807, 2.05) is 6.92 Å². The molecule has 16 heavy (non-hydrogen) atoms. The molecule has 1 aliphatic heterocycles. The van der Waals surface area contributed by atoms with Crippen LogP contribution in [0.25, 0.3) is 0 Å². The summed E-state index contributed by atoms with van der Waals surface area (Å²) >= 11 is 0. The van der Waals surface area contributed by atoms with Gasteiger partial charge in [-0.05, 0) is 13.3 Å². The topological polar surface area (TPSA) is 58.2 Å². The van der Waals surface area contributed by atoms with E-state index < -0.39 is 0 Å². The number of amides is 1. The molecule has 88 valence electrons. The summed E-state index contributed by atoms with van der Waals surface area (Å²) in [6, 6.07) is 0.0465. The largest absolute Gasteiger partial charge is 0.436 e. The summed E-state index contributed by atoms with van der Waals surface area (Å²) in [6.07, 6.45) is 4.99. The molecular formula is C11H17N3O2. The summed E-state index contributed by atoms with van der Waals surface area (Å²) < 4.78 is 5.32. The Morgan fingerprint density at radius 3 is 3.06 bits per heavy atom. The van der Waals surface area contributed by atoms with Crippen molar-refractivity contribution in [2.24, 2.45) is 0 Å². The van der Waals surface area contributed by atoms with Crippen molar-refractivity contribution in [2.75, 3.05) is 6.54 Å². The van der Waals surface area contributed by atoms with Crippen molar-refractivity contribution in [1.82, 2.24) is 14.9 Å². The quantitative estimate of drug-likeness (QED) is 0.850. The molecule has 0 radical (unpaired) electrons. The van der Waals surface area contributed by atoms with Gasteiger partial charge in [-0.25, -0.2) is 9.78 Å². The first kappa shape index (κ1) is 11.0. The highest BCUT2D eigenvalue weighted by Crippen LogP contribution is 2.30. The summed E-state index contributed by atoms with van der Waals surface area (Å²) in [4.78, 5) is 20.6. The number of rotatable bonds is 4. The smallest absolute Gasteiger partial charge is 0.410 e. The van der Waals surface area contributed by atoms with Gasteiger partial charge >= 0.3 is 6.09 Å². The van der Waals surface area contributed by atoms with Crippen molar-refractivity contribution < 1.29 is 9.53 Å². The number of nitrogens with zero attached hydrogens (tertiary/aromatic N) is 2. The SMILES string of the molecule is CCCCN1C(=O)O[C@H](c2ncc[nH]2)[C@@H]1C. The predicted octanol–water partition coefficient (Wildman–Crippen LogP) is 2.09. The average molecular weight is 223 g/mol. The number of hydrogen-bond acceptors (Lipinski definition) is 3. The molecule has 0 saturated carbocycles. The summed E-state index contributed by atoms with van der Waals surface area (Å²) in [5.74, 6) is 0.722. The lowest BCUT2D eigenvalue weighted by Crippen LogP contribution is -2.32. The molecule has 0 aromatic carbocycles. The fourth-order valence-electron chi connectivity index (χ4n) is 1.95. The van der Waals surface area contributed by atoms with Crippen LogP contribution in [0.3, 0.4) is 0 Å². The van der Waals surface area contributed by atoms with Gasteiger partial charge in [0.05, 0.1) is 6.04 Å². The molecule has 1 aliphatic rings. The maximum absolute atomic E-state index is 11.7. The van der Waals surface area contributed by atoms with E-state index in [-0.39, 0.29) is 18.2 Å². The van der Waals surface area contributed by atoms with Gasteiger partial charge in [-0.3, -0.25) is 0 Å². The zero-order valence-electron chi connectivity index (χ0n) is 9.64. The van der Waals surface area contributed by atoms with Gasteiger partial charge in [0, 0.05) is 18.9 Å². The lowest BCUT2D eigenvalue weighted by Gasteiger charge is -2.19. The van der Waals surface area contributed by atoms with E-state index in [9.17, 15) is 4.79 Å². The Kier molecular flexibility index (Phi) is 3.12. The molecule has 5 nitrogen and oxygen atoms in total. The first-order valence-corrected chi connectivity index (χ1v) is 5.70. The second-order valence-electron chi connectivity index (χ2n) is 4.07. The maximum Gasteiger partial charge on any atom is 0.410 e. The van der Waals surface area contributed by atoms with Crippen molar-refractivity contribution in [3.05, 3.63) is 18.2 Å². The van der Waals surface area contributed by atoms with Crippen LogP contribution >= 0.6 is 0 Å². The minimum atomic E-state index is -0.264. The lowest BCUT2D eigenvalue weighted by atomic mass is 10.1. The molecule has 0 bridgehead atoms. The van der Waals surface area contributed by atoms with E-state index in [0.29, 0.717) is 0 Å². The highest BCUT2D eigenvalue weighted by atomic mass is 16.6. The molecule has 0 spiro atoms. The number of cyclic esters (lactones) is 1. The zero-order chi connectivity index (χ0) is 11.5. The molecule has 0 unspecified atom stereocenters. The Bertz CT molecular complexity index is 350. The van der Waals surface area contributed by atoms with Gasteiger partial charge in [0.25, 0.3) is 0 Å². The van der Waals surface area contributed by atoms with E-state index >= 15 is 0 Å². The molecule has 1 saturated heterocycles. The van der Waals surface area contributed by atoms with Crippen molar-refractivity contribution >= 4 is 6.09 Å². The van der Waals surface area contributed by atoms with Crippen LogP contribution in [0.5, 0.6) is 0 Å². The highest BCUT2D eigenvalue weighted by molar-refractivity contribution is 5.70. The standard InChI is InChI=1S/C11H17N3O2/c1-3-4-7-14-8(2)9(16-11(14)15)10-12-5-6-13-10/h5-6,8-9H,3-4,7H2,1-2H3,(H,12,13)/t8-,9-/m0/s1. The van der Waals surface area contributed by atoms with Gasteiger partial charge in [-0.2, -0.15) is 0 Å². The highest BCUT2D eigenvalue weighted by Gasteiger charge is 2.40. The maximum atomic E-state index is 11.7. The molecule has 0 aliphatic carbocycles. The molecule has 1 N–H and O–H groups in total. The summed E-state index contributed by atoms with van der Waals surface area (Å²) in [6.45, 7) is 4.86. The van der Waals surface area contributed by atoms with Crippen LogP contribution in [0.1, 0.15) is 38.6 Å². The first-order chi connectivity index (χ1) is 7.74. The van der Waals surface area contributed by atoms with Gasteiger partial charge in [0.1, 0.15) is 5.82 Å². The number of carbonyl (C=O) groups is 1. The van der Waals surface area contributed by atoms with Gasteiger partial charge < -0.3 is 14.6 Å². The van der Waals surface area contributed by atoms with Gasteiger partial charge in [0.15, 0.2) is 6.10 Å².